The molecule has 1 amide bonds. The van der Waals surface area contributed by atoms with E-state index in [1.165, 1.54) is 13.0 Å². The number of benzene rings is 1. The third-order valence-corrected chi connectivity index (χ3v) is 4.26. The van der Waals surface area contributed by atoms with Crippen LogP contribution in [-0.2, 0) is 19.4 Å². The number of hydrogen-bond donors (Lipinski definition) is 3. The Balaban J connectivity index is 2.74. The lowest BCUT2D eigenvalue weighted by atomic mass is 10.3. The molecule has 0 saturated carbocycles. The predicted molar refractivity (Wildman–Crippen MR) is 73.3 cm³/mol. The van der Waals surface area contributed by atoms with Gasteiger partial charge in [0.2, 0.25) is 5.91 Å². The van der Waals surface area contributed by atoms with Crippen molar-refractivity contribution in [2.45, 2.75) is 11.8 Å². The highest BCUT2D eigenvalue weighted by atomic mass is 32.2. The Morgan fingerprint density at radius 1 is 1.20 bits per heavy atom. The van der Waals surface area contributed by atoms with E-state index in [-0.39, 0.29) is 17.2 Å². The number of hydrogen-bond acceptors (Lipinski definition) is 5. The number of para-hydroxylation sites is 1. The molecule has 0 fully saturated rings. The lowest BCUT2D eigenvalue weighted by molar-refractivity contribution is -0.137. The lowest BCUT2D eigenvalue weighted by Gasteiger charge is -2.11. The Bertz CT molecular complexity index is 598. The van der Waals surface area contributed by atoms with Gasteiger partial charge in [-0.15, -0.1) is 0 Å². The molecule has 0 aromatic heterocycles. The highest BCUT2D eigenvalue weighted by Crippen LogP contribution is 2.21. The first-order valence-corrected chi connectivity index (χ1v) is 7.56. The molecule has 0 aliphatic rings. The van der Waals surface area contributed by atoms with E-state index in [4.69, 9.17) is 5.11 Å². The molecule has 7 nitrogen and oxygen atoms in total. The number of carbonyl (C=O) groups is 2. The molecular formula is C12H16N2O5S. The van der Waals surface area contributed by atoms with Crippen LogP contribution in [-0.4, -0.2) is 44.2 Å². The van der Waals surface area contributed by atoms with E-state index in [0.717, 1.165) is 0 Å². The molecule has 0 unspecified atom stereocenters. The first kappa shape index (κ1) is 16.0. The molecule has 0 heterocycles. The summed E-state index contributed by atoms with van der Waals surface area (Å²) in [5, 5.41) is 13.3. The number of amides is 1. The SMILES string of the molecule is CCS(=O)(=O)c1ccccc1NCC(=O)NCC(=O)O. The van der Waals surface area contributed by atoms with Gasteiger partial charge in [0.05, 0.1) is 22.9 Å². The summed E-state index contributed by atoms with van der Waals surface area (Å²) < 4.78 is 23.7. The zero-order valence-electron chi connectivity index (χ0n) is 10.9. The number of nitrogens with one attached hydrogen (secondary N) is 2. The largest absolute Gasteiger partial charge is 0.480 e. The topological polar surface area (TPSA) is 113 Å². The van der Waals surface area contributed by atoms with Crippen LogP contribution in [0.25, 0.3) is 0 Å². The van der Waals surface area contributed by atoms with E-state index in [2.05, 4.69) is 10.6 Å². The second kappa shape index (κ2) is 6.90. The average molecular weight is 300 g/mol. The van der Waals surface area contributed by atoms with Crippen molar-refractivity contribution in [1.82, 2.24) is 5.32 Å². The van der Waals surface area contributed by atoms with Gasteiger partial charge in [0.1, 0.15) is 6.54 Å². The zero-order valence-corrected chi connectivity index (χ0v) is 11.7. The Morgan fingerprint density at radius 3 is 2.45 bits per heavy atom. The highest BCUT2D eigenvalue weighted by molar-refractivity contribution is 7.91. The van der Waals surface area contributed by atoms with Crippen LogP contribution in [0.5, 0.6) is 0 Å². The quantitative estimate of drug-likeness (QED) is 0.658. The Labute approximate surface area is 116 Å². The van der Waals surface area contributed by atoms with Crippen LogP contribution in [0.3, 0.4) is 0 Å². The molecule has 0 spiro atoms. The normalized spacial score (nSPS) is 10.8. The molecule has 1 aromatic carbocycles. The second-order valence-electron chi connectivity index (χ2n) is 3.92. The van der Waals surface area contributed by atoms with Crippen LogP contribution in [0.15, 0.2) is 29.2 Å². The van der Waals surface area contributed by atoms with Gasteiger partial charge in [0.25, 0.3) is 0 Å². The molecule has 0 saturated heterocycles. The van der Waals surface area contributed by atoms with E-state index in [1.54, 1.807) is 18.2 Å². The maximum absolute atomic E-state index is 11.9. The monoisotopic (exact) mass is 300 g/mol. The minimum Gasteiger partial charge on any atom is -0.480 e. The molecule has 8 heteroatoms. The van der Waals surface area contributed by atoms with Crippen molar-refractivity contribution < 1.29 is 23.1 Å². The molecule has 0 aliphatic heterocycles. The van der Waals surface area contributed by atoms with Crippen molar-refractivity contribution in [1.29, 1.82) is 0 Å². The van der Waals surface area contributed by atoms with Gasteiger partial charge in [-0.3, -0.25) is 9.59 Å². The third kappa shape index (κ3) is 4.54. The highest BCUT2D eigenvalue weighted by Gasteiger charge is 2.16. The Hall–Kier alpha value is -2.09. The van der Waals surface area contributed by atoms with Gasteiger partial charge in [-0.25, -0.2) is 8.42 Å². The van der Waals surface area contributed by atoms with E-state index >= 15 is 0 Å². The summed E-state index contributed by atoms with van der Waals surface area (Å²) in [4.78, 5) is 21.8. The number of sulfone groups is 1. The van der Waals surface area contributed by atoms with Crippen LogP contribution >= 0.6 is 0 Å². The summed E-state index contributed by atoms with van der Waals surface area (Å²) in [6, 6.07) is 6.24. The summed E-state index contributed by atoms with van der Waals surface area (Å²) in [6.45, 7) is 0.852. The zero-order chi connectivity index (χ0) is 15.2. The molecule has 20 heavy (non-hydrogen) atoms. The van der Waals surface area contributed by atoms with Crippen molar-refractivity contribution in [3.05, 3.63) is 24.3 Å². The average Bonchev–Trinajstić information content (AvgIpc) is 2.43. The fraction of sp³-hybridized carbons (Fsp3) is 0.333. The molecule has 110 valence electrons. The summed E-state index contributed by atoms with van der Waals surface area (Å²) in [5.41, 5.74) is 0.319. The first-order chi connectivity index (χ1) is 9.36. The molecule has 0 radical (unpaired) electrons. The van der Waals surface area contributed by atoms with Crippen molar-refractivity contribution in [3.8, 4) is 0 Å². The number of aliphatic carboxylic acids is 1. The molecule has 0 aliphatic carbocycles. The van der Waals surface area contributed by atoms with E-state index in [1.807, 2.05) is 0 Å². The van der Waals surface area contributed by atoms with Gasteiger partial charge in [0, 0.05) is 0 Å². The molecule has 1 rings (SSSR count). The Morgan fingerprint density at radius 2 is 1.85 bits per heavy atom. The number of anilines is 1. The predicted octanol–water partition coefficient (Wildman–Crippen LogP) is 0.0929. The fourth-order valence-corrected chi connectivity index (χ4v) is 2.52. The van der Waals surface area contributed by atoms with Crippen molar-refractivity contribution in [3.63, 3.8) is 0 Å². The standard InChI is InChI=1S/C12H16N2O5S/c1-2-20(18,19)10-6-4-3-5-9(10)13-7-11(15)14-8-12(16)17/h3-6,13H,2,7-8H2,1H3,(H,14,15)(H,16,17). The summed E-state index contributed by atoms with van der Waals surface area (Å²) in [7, 11) is -3.39. The van der Waals surface area contributed by atoms with Crippen molar-refractivity contribution in [2.24, 2.45) is 0 Å². The van der Waals surface area contributed by atoms with Crippen molar-refractivity contribution in [2.75, 3.05) is 24.2 Å². The van der Waals surface area contributed by atoms with Crippen molar-refractivity contribution >= 4 is 27.4 Å². The number of carbonyl (C=O) groups excluding carboxylic acids is 1. The van der Waals surface area contributed by atoms with E-state index in [0.29, 0.717) is 5.69 Å². The number of carboxylic acid groups (broad SMARTS) is 1. The summed E-state index contributed by atoms with van der Waals surface area (Å²) in [5.74, 6) is -1.72. The van der Waals surface area contributed by atoms with E-state index < -0.39 is 28.3 Å². The molecule has 0 bridgehead atoms. The third-order valence-electron chi connectivity index (χ3n) is 2.48. The maximum Gasteiger partial charge on any atom is 0.322 e. The molecular weight excluding hydrogens is 284 g/mol. The molecule has 0 atom stereocenters. The maximum atomic E-state index is 11.9. The van der Waals surface area contributed by atoms with Gasteiger partial charge in [0.15, 0.2) is 9.84 Å². The second-order valence-corrected chi connectivity index (χ2v) is 6.17. The summed E-state index contributed by atoms with van der Waals surface area (Å²) >= 11 is 0. The first-order valence-electron chi connectivity index (χ1n) is 5.91. The minimum atomic E-state index is -3.39. The molecule has 3 N–H and O–H groups in total. The van der Waals surface area contributed by atoms with Gasteiger partial charge in [-0.1, -0.05) is 19.1 Å². The number of rotatable bonds is 7. The lowest BCUT2D eigenvalue weighted by Crippen LogP contribution is -2.34. The van der Waals surface area contributed by atoms with E-state index in [9.17, 15) is 18.0 Å². The van der Waals surface area contributed by atoms with Crippen LogP contribution in [0, 0.1) is 0 Å². The van der Waals surface area contributed by atoms with Gasteiger partial charge in [-0.2, -0.15) is 0 Å². The Kier molecular flexibility index (Phi) is 5.51. The fourth-order valence-electron chi connectivity index (χ4n) is 1.45. The van der Waals surface area contributed by atoms with Gasteiger partial charge in [-0.05, 0) is 12.1 Å². The number of carboxylic acids is 1. The smallest absolute Gasteiger partial charge is 0.322 e. The van der Waals surface area contributed by atoms with Crippen LogP contribution in [0.1, 0.15) is 6.92 Å². The van der Waals surface area contributed by atoms with Gasteiger partial charge < -0.3 is 15.7 Å². The van der Waals surface area contributed by atoms with Crippen LogP contribution in [0.2, 0.25) is 0 Å². The minimum absolute atomic E-state index is 0.0447. The molecule has 1 aromatic rings. The summed E-state index contributed by atoms with van der Waals surface area (Å²) in [6.07, 6.45) is 0. The van der Waals surface area contributed by atoms with Crippen LogP contribution in [0.4, 0.5) is 5.69 Å². The van der Waals surface area contributed by atoms with Crippen LogP contribution < -0.4 is 10.6 Å². The van der Waals surface area contributed by atoms with Gasteiger partial charge >= 0.3 is 5.97 Å².